The molecule has 10 heteroatoms. The molecule has 3 atom stereocenters. The van der Waals surface area contributed by atoms with Crippen LogP contribution in [-0.4, -0.2) is 47.7 Å². The maximum Gasteiger partial charge on any atom is 0.164 e. The highest BCUT2D eigenvalue weighted by molar-refractivity contribution is 9.10. The lowest BCUT2D eigenvalue weighted by Crippen LogP contribution is -2.26. The normalized spacial score (nSPS) is 15.3. The quantitative estimate of drug-likeness (QED) is 0.127. The number of halogens is 2. The van der Waals surface area contributed by atoms with Gasteiger partial charge in [0.1, 0.15) is 17.8 Å². The van der Waals surface area contributed by atoms with Crippen molar-refractivity contribution in [1.82, 2.24) is 14.9 Å². The smallest absolute Gasteiger partial charge is 0.164 e. The predicted molar refractivity (Wildman–Crippen MR) is 189 cm³/mol. The molecule has 0 unspecified atom stereocenters. The molecular weight excluding hydrogens is 712 g/mol. The number of carbonyl (C=O) groups is 2. The monoisotopic (exact) mass is 752 g/mol. The van der Waals surface area contributed by atoms with Gasteiger partial charge < -0.3 is 20.0 Å². The summed E-state index contributed by atoms with van der Waals surface area (Å²) in [5.74, 6) is 1.72. The number of methoxy groups -OCH3 is 2. The Balaban J connectivity index is 0.000000205. The number of ketones is 1. The number of aldehydes is 1. The number of pyridine rings is 2. The van der Waals surface area contributed by atoms with Gasteiger partial charge in [0.2, 0.25) is 0 Å². The van der Waals surface area contributed by atoms with Crippen LogP contribution in [0.2, 0.25) is 0 Å². The van der Waals surface area contributed by atoms with Crippen LogP contribution in [0.15, 0.2) is 94.4 Å². The Bertz CT molecular complexity index is 1520. The molecule has 0 spiro atoms. The van der Waals surface area contributed by atoms with Gasteiger partial charge in [-0.15, -0.1) is 0 Å². The van der Waals surface area contributed by atoms with E-state index in [1.165, 1.54) is 30.2 Å². The molecule has 4 aromatic rings. The maximum absolute atomic E-state index is 11.3. The van der Waals surface area contributed by atoms with Gasteiger partial charge in [0.15, 0.2) is 5.78 Å². The van der Waals surface area contributed by atoms with Crippen LogP contribution in [0.5, 0.6) is 11.5 Å². The molecule has 8 nitrogen and oxygen atoms in total. The molecule has 244 valence electrons. The second-order valence-electron chi connectivity index (χ2n) is 10.9. The summed E-state index contributed by atoms with van der Waals surface area (Å²) in [6.07, 6.45) is 10.6. The third-order valence-electron chi connectivity index (χ3n) is 7.66. The summed E-state index contributed by atoms with van der Waals surface area (Å²) >= 11 is 6.75. The van der Waals surface area contributed by atoms with Gasteiger partial charge in [0.25, 0.3) is 0 Å². The van der Waals surface area contributed by atoms with Crippen molar-refractivity contribution in [3.63, 3.8) is 0 Å². The molecule has 3 heterocycles. The second-order valence-corrected chi connectivity index (χ2v) is 12.7. The molecule has 2 aromatic heterocycles. The van der Waals surface area contributed by atoms with Gasteiger partial charge in [0.05, 0.1) is 14.2 Å². The number of hydrogen-bond acceptors (Lipinski definition) is 8. The SMILES string of the molecule is COc1ccc([C@@H](C)N)cc1.COc1ccc([C@@H](C)N2CCC[C@H]2c2cncc(Br)c2)cc1.O=CCCC(=O)c1cncc(Br)c1. The summed E-state index contributed by atoms with van der Waals surface area (Å²) in [6, 6.07) is 21.0. The number of carbonyl (C=O) groups excluding carboxylic acids is 2. The average Bonchev–Trinajstić information content (AvgIpc) is 3.58. The fourth-order valence-electron chi connectivity index (χ4n) is 5.10. The number of hydrogen-bond donors (Lipinski definition) is 1. The van der Waals surface area contributed by atoms with E-state index in [0.717, 1.165) is 38.8 Å². The van der Waals surface area contributed by atoms with Gasteiger partial charge in [-0.25, -0.2) is 0 Å². The molecule has 5 rings (SSSR count). The minimum Gasteiger partial charge on any atom is -0.497 e. The van der Waals surface area contributed by atoms with E-state index in [0.29, 0.717) is 17.6 Å². The summed E-state index contributed by atoms with van der Waals surface area (Å²) in [7, 11) is 3.36. The van der Waals surface area contributed by atoms with Crippen molar-refractivity contribution >= 4 is 43.9 Å². The Kier molecular flexibility index (Phi) is 15.5. The van der Waals surface area contributed by atoms with Gasteiger partial charge in [-0.1, -0.05) is 24.3 Å². The largest absolute Gasteiger partial charge is 0.497 e. The zero-order chi connectivity index (χ0) is 33.5. The van der Waals surface area contributed by atoms with Gasteiger partial charge in [-0.3, -0.25) is 19.7 Å². The molecule has 0 saturated carbocycles. The molecule has 0 aliphatic carbocycles. The van der Waals surface area contributed by atoms with Gasteiger partial charge in [0, 0.05) is 70.3 Å². The summed E-state index contributed by atoms with van der Waals surface area (Å²) in [5.41, 5.74) is 9.96. The topological polar surface area (TPSA) is 108 Å². The number of nitrogens with zero attached hydrogens (tertiary/aromatic N) is 3. The minimum absolute atomic E-state index is 0.0547. The molecule has 2 N–H and O–H groups in total. The van der Waals surface area contributed by atoms with E-state index in [2.05, 4.69) is 71.9 Å². The number of ether oxygens (including phenoxy) is 2. The summed E-state index contributed by atoms with van der Waals surface area (Å²) < 4.78 is 12.1. The molecule has 1 saturated heterocycles. The predicted octanol–water partition coefficient (Wildman–Crippen LogP) is 8.47. The van der Waals surface area contributed by atoms with Crippen molar-refractivity contribution < 1.29 is 19.1 Å². The Hall–Kier alpha value is -3.44. The first-order chi connectivity index (χ1) is 22.2. The van der Waals surface area contributed by atoms with Crippen molar-refractivity contribution in [2.75, 3.05) is 20.8 Å². The lowest BCUT2D eigenvalue weighted by Gasteiger charge is -2.31. The number of nitrogens with two attached hydrogens (primary N) is 1. The van der Waals surface area contributed by atoms with E-state index in [1.807, 2.05) is 55.7 Å². The maximum atomic E-state index is 11.3. The van der Waals surface area contributed by atoms with Crippen LogP contribution >= 0.6 is 31.9 Å². The van der Waals surface area contributed by atoms with Crippen LogP contribution < -0.4 is 15.2 Å². The van der Waals surface area contributed by atoms with Crippen LogP contribution in [0.4, 0.5) is 0 Å². The Labute approximate surface area is 289 Å². The van der Waals surface area contributed by atoms with E-state index in [1.54, 1.807) is 26.5 Å². The summed E-state index contributed by atoms with van der Waals surface area (Å²) in [4.78, 5) is 32.1. The summed E-state index contributed by atoms with van der Waals surface area (Å²) in [6.45, 7) is 5.37. The molecule has 1 fully saturated rings. The summed E-state index contributed by atoms with van der Waals surface area (Å²) in [5, 5.41) is 0. The Morgan fingerprint density at radius 3 is 2.00 bits per heavy atom. The van der Waals surface area contributed by atoms with Crippen LogP contribution in [0, 0.1) is 0 Å². The van der Waals surface area contributed by atoms with E-state index < -0.39 is 0 Å². The zero-order valence-corrected chi connectivity index (χ0v) is 29.9. The number of Topliss-reactive ketones (excluding diaryl/α,β-unsaturated/α-hetero) is 1. The first-order valence-corrected chi connectivity index (χ1v) is 16.7. The molecule has 2 aromatic carbocycles. The number of benzene rings is 2. The molecule has 0 amide bonds. The van der Waals surface area contributed by atoms with Crippen molar-refractivity contribution in [3.05, 3.63) is 117 Å². The molecule has 0 radical (unpaired) electrons. The van der Waals surface area contributed by atoms with Crippen molar-refractivity contribution in [1.29, 1.82) is 0 Å². The average molecular weight is 755 g/mol. The van der Waals surface area contributed by atoms with Gasteiger partial charge in [-0.05, 0) is 118 Å². The zero-order valence-electron chi connectivity index (χ0n) is 26.7. The Morgan fingerprint density at radius 2 is 1.48 bits per heavy atom. The van der Waals surface area contributed by atoms with E-state index >= 15 is 0 Å². The van der Waals surface area contributed by atoms with Crippen molar-refractivity contribution in [3.8, 4) is 11.5 Å². The molecule has 0 bridgehead atoms. The molecule has 46 heavy (non-hydrogen) atoms. The van der Waals surface area contributed by atoms with Crippen LogP contribution in [-0.2, 0) is 4.79 Å². The van der Waals surface area contributed by atoms with E-state index in [9.17, 15) is 9.59 Å². The second kappa shape index (κ2) is 19.3. The van der Waals surface area contributed by atoms with Crippen molar-refractivity contribution in [2.45, 2.75) is 57.7 Å². The van der Waals surface area contributed by atoms with Crippen LogP contribution in [0.1, 0.15) is 84.7 Å². The Morgan fingerprint density at radius 1 is 0.913 bits per heavy atom. The fraction of sp³-hybridized carbons (Fsp3) is 0.333. The molecular formula is C36H42Br2N4O4. The lowest BCUT2D eigenvalue weighted by atomic mass is 10.0. The highest BCUT2D eigenvalue weighted by Gasteiger charge is 2.30. The lowest BCUT2D eigenvalue weighted by molar-refractivity contribution is -0.107. The number of aromatic nitrogens is 2. The first-order valence-electron chi connectivity index (χ1n) is 15.1. The first kappa shape index (κ1) is 37.0. The standard InChI is InChI=1S/C18H21BrN2O.C9H8BrNO2.C9H13NO/c1-13(14-5-7-17(22-2)8-6-14)21-9-3-4-18(21)15-10-16(19)12-20-11-15;10-8-4-7(5-11-6-8)9(13)2-1-3-12;1-7(10)8-3-5-9(11-2)6-4-8/h5-8,10-13,18H,3-4,9H2,1-2H3;3-6H,1-2H2;3-7H,10H2,1-2H3/t13-,18+;;7-/m1.1/s1. The highest BCUT2D eigenvalue weighted by Crippen LogP contribution is 2.39. The van der Waals surface area contributed by atoms with Crippen molar-refractivity contribution in [2.24, 2.45) is 5.73 Å². The fourth-order valence-corrected chi connectivity index (χ4v) is 5.85. The molecule has 1 aliphatic rings. The van der Waals surface area contributed by atoms with Gasteiger partial charge in [-0.2, -0.15) is 0 Å². The third-order valence-corrected chi connectivity index (χ3v) is 8.53. The van der Waals surface area contributed by atoms with Gasteiger partial charge >= 0.3 is 0 Å². The van der Waals surface area contributed by atoms with E-state index in [4.69, 9.17) is 15.2 Å². The number of likely N-dealkylation sites (tertiary alicyclic amines) is 1. The van der Waals surface area contributed by atoms with Crippen LogP contribution in [0.25, 0.3) is 0 Å². The molecule has 1 aliphatic heterocycles. The number of rotatable bonds is 10. The van der Waals surface area contributed by atoms with Crippen LogP contribution in [0.3, 0.4) is 0 Å². The highest BCUT2D eigenvalue weighted by atomic mass is 79.9. The van der Waals surface area contributed by atoms with E-state index in [-0.39, 0.29) is 24.7 Å². The third kappa shape index (κ3) is 11.4. The minimum atomic E-state index is -0.0547.